The maximum atomic E-state index is 7.09. The summed E-state index contributed by atoms with van der Waals surface area (Å²) in [5, 5.41) is 15.9. The van der Waals surface area contributed by atoms with Crippen molar-refractivity contribution in [2.24, 2.45) is 0 Å². The van der Waals surface area contributed by atoms with E-state index in [1.54, 1.807) is 0 Å². The number of hydrogen-bond donors (Lipinski definition) is 0. The third-order valence-corrected chi connectivity index (χ3v) is 13.0. The highest BCUT2D eigenvalue weighted by molar-refractivity contribution is 7.25. The van der Waals surface area contributed by atoms with Gasteiger partial charge in [0.2, 0.25) is 0 Å². The van der Waals surface area contributed by atoms with Crippen LogP contribution in [0.25, 0.3) is 130 Å². The minimum atomic E-state index is 0.608. The van der Waals surface area contributed by atoms with Crippen LogP contribution in [0.4, 0.5) is 0 Å². The van der Waals surface area contributed by atoms with Gasteiger partial charge in [-0.25, -0.2) is 15.0 Å². The molecule has 10 aromatic carbocycles. The topological polar surface area (TPSA) is 51.8 Å². The van der Waals surface area contributed by atoms with Crippen molar-refractivity contribution in [1.82, 2.24) is 15.0 Å². The minimum absolute atomic E-state index is 0.608. The molecule has 3 aromatic heterocycles. The first-order chi connectivity index (χ1) is 28.7. The average molecular weight is 756 g/mol. The maximum Gasteiger partial charge on any atom is 0.165 e. The van der Waals surface area contributed by atoms with E-state index in [0.717, 1.165) is 65.6 Å². The van der Waals surface area contributed by atoms with E-state index >= 15 is 0 Å². The molecule has 0 aliphatic carbocycles. The van der Waals surface area contributed by atoms with Gasteiger partial charge >= 0.3 is 0 Å². The zero-order valence-electron chi connectivity index (χ0n) is 30.9. The first kappa shape index (κ1) is 31.7. The zero-order valence-corrected chi connectivity index (χ0v) is 31.7. The second-order valence-corrected chi connectivity index (χ2v) is 16.1. The minimum Gasteiger partial charge on any atom is -0.455 e. The van der Waals surface area contributed by atoms with Crippen molar-refractivity contribution in [3.05, 3.63) is 176 Å². The molecule has 0 atom stereocenters. The van der Waals surface area contributed by atoms with Crippen LogP contribution in [-0.4, -0.2) is 15.0 Å². The Labute approximate surface area is 335 Å². The van der Waals surface area contributed by atoms with Crippen LogP contribution in [0.3, 0.4) is 0 Å². The maximum absolute atomic E-state index is 7.09. The van der Waals surface area contributed by atoms with E-state index in [-0.39, 0.29) is 0 Å². The summed E-state index contributed by atoms with van der Waals surface area (Å²) >= 11 is 1.81. The number of thiophene rings is 1. The van der Waals surface area contributed by atoms with Gasteiger partial charge in [0.25, 0.3) is 0 Å². The van der Waals surface area contributed by atoms with Gasteiger partial charge in [0.1, 0.15) is 11.2 Å². The molecule has 0 spiro atoms. The summed E-state index contributed by atoms with van der Waals surface area (Å²) in [4.78, 5) is 16.2. The smallest absolute Gasteiger partial charge is 0.165 e. The highest BCUT2D eigenvalue weighted by Gasteiger charge is 2.24. The molecular formula is C53H29N3OS. The van der Waals surface area contributed by atoms with E-state index < -0.39 is 0 Å². The van der Waals surface area contributed by atoms with Crippen LogP contribution >= 0.6 is 11.3 Å². The van der Waals surface area contributed by atoms with Crippen LogP contribution in [0.2, 0.25) is 0 Å². The Morgan fingerprint density at radius 3 is 1.78 bits per heavy atom. The molecule has 0 bridgehead atoms. The molecule has 0 fully saturated rings. The fourth-order valence-electron chi connectivity index (χ4n) is 9.30. The fourth-order valence-corrected chi connectivity index (χ4v) is 10.4. The Morgan fingerprint density at radius 1 is 0.362 bits per heavy atom. The zero-order chi connectivity index (χ0) is 37.9. The molecule has 0 saturated carbocycles. The molecule has 0 saturated heterocycles. The van der Waals surface area contributed by atoms with E-state index in [0.29, 0.717) is 17.5 Å². The molecule has 4 nitrogen and oxygen atoms in total. The van der Waals surface area contributed by atoms with Crippen molar-refractivity contribution in [3.8, 4) is 34.2 Å². The third kappa shape index (κ3) is 4.53. The van der Waals surface area contributed by atoms with E-state index in [1.807, 2.05) is 11.3 Å². The van der Waals surface area contributed by atoms with E-state index in [4.69, 9.17) is 19.4 Å². The molecule has 13 rings (SSSR count). The van der Waals surface area contributed by atoms with E-state index in [2.05, 4.69) is 176 Å². The van der Waals surface area contributed by atoms with Gasteiger partial charge in [0.05, 0.1) is 0 Å². The van der Waals surface area contributed by atoms with Gasteiger partial charge in [-0.15, -0.1) is 11.3 Å². The molecule has 5 heteroatoms. The number of hydrogen-bond acceptors (Lipinski definition) is 5. The van der Waals surface area contributed by atoms with Crippen LogP contribution in [-0.2, 0) is 0 Å². The third-order valence-electron chi connectivity index (χ3n) is 11.9. The molecule has 0 amide bonds. The van der Waals surface area contributed by atoms with Crippen molar-refractivity contribution in [1.29, 1.82) is 0 Å². The summed E-state index contributed by atoms with van der Waals surface area (Å²) in [7, 11) is 0. The largest absolute Gasteiger partial charge is 0.455 e. The molecule has 0 unspecified atom stereocenters. The molecule has 58 heavy (non-hydrogen) atoms. The van der Waals surface area contributed by atoms with Crippen LogP contribution in [0, 0.1) is 0 Å². The van der Waals surface area contributed by atoms with Crippen molar-refractivity contribution >= 4 is 107 Å². The normalized spacial score (nSPS) is 12.1. The van der Waals surface area contributed by atoms with Gasteiger partial charge in [0.15, 0.2) is 17.5 Å². The van der Waals surface area contributed by atoms with Crippen LogP contribution in [0.15, 0.2) is 180 Å². The van der Waals surface area contributed by atoms with Crippen molar-refractivity contribution < 1.29 is 4.42 Å². The lowest BCUT2D eigenvalue weighted by atomic mass is 9.92. The van der Waals surface area contributed by atoms with Crippen LogP contribution in [0.1, 0.15) is 0 Å². The summed E-state index contributed by atoms with van der Waals surface area (Å²) < 4.78 is 9.59. The molecule has 0 aliphatic rings. The Balaban J connectivity index is 1.16. The molecule has 268 valence electrons. The number of aromatic nitrogens is 3. The molecular weight excluding hydrogens is 727 g/mol. The standard InChI is InChI=1S/C53H29N3OS/c1-3-15-33-30(12-1)14-11-22-41(33)52-54-51(32-24-27-46-43(28-32)38-20-9-10-23-45(38)58-46)55-53(56-52)49-34-16-4-2-13-31(34)29-44-48(49)42-26-25-40-37-19-6-5-17-35(37)36-18-7-8-21-39(36)47(40)50(42)57-44/h1-29H. The Bertz CT molecular complexity index is 3840. The summed E-state index contributed by atoms with van der Waals surface area (Å²) in [5.41, 5.74) is 4.50. The summed E-state index contributed by atoms with van der Waals surface area (Å²) in [5.74, 6) is 1.86. The van der Waals surface area contributed by atoms with Gasteiger partial charge in [-0.2, -0.15) is 0 Å². The number of benzene rings is 10. The first-order valence-electron chi connectivity index (χ1n) is 19.5. The summed E-state index contributed by atoms with van der Waals surface area (Å²) in [6, 6.07) is 62.5. The molecule has 3 heterocycles. The first-order valence-corrected chi connectivity index (χ1v) is 20.3. The van der Waals surface area contributed by atoms with Crippen molar-refractivity contribution in [3.63, 3.8) is 0 Å². The molecule has 0 N–H and O–H groups in total. The van der Waals surface area contributed by atoms with Gasteiger partial charge in [-0.3, -0.25) is 0 Å². The van der Waals surface area contributed by atoms with E-state index in [9.17, 15) is 0 Å². The predicted octanol–water partition coefficient (Wildman–Crippen LogP) is 14.9. The van der Waals surface area contributed by atoms with Gasteiger partial charge in [-0.05, 0) is 84.9 Å². The van der Waals surface area contributed by atoms with Gasteiger partial charge in [0, 0.05) is 53.0 Å². The Kier molecular flexibility index (Phi) is 6.57. The second kappa shape index (κ2) is 12.0. The van der Waals surface area contributed by atoms with Gasteiger partial charge < -0.3 is 4.42 Å². The lowest BCUT2D eigenvalue weighted by Crippen LogP contribution is -2.01. The average Bonchev–Trinajstić information content (AvgIpc) is 3.85. The number of rotatable bonds is 3. The van der Waals surface area contributed by atoms with Crippen LogP contribution in [0.5, 0.6) is 0 Å². The summed E-state index contributed by atoms with van der Waals surface area (Å²) in [6.45, 7) is 0. The second-order valence-electron chi connectivity index (χ2n) is 15.0. The lowest BCUT2D eigenvalue weighted by Gasteiger charge is -2.13. The predicted molar refractivity (Wildman–Crippen MR) is 244 cm³/mol. The molecule has 0 aliphatic heterocycles. The number of fused-ring (bicyclic) bond motifs is 15. The quantitative estimate of drug-likeness (QED) is 0.169. The molecule has 13 aromatic rings. The van der Waals surface area contributed by atoms with Gasteiger partial charge in [-0.1, -0.05) is 140 Å². The number of furan rings is 1. The summed E-state index contributed by atoms with van der Waals surface area (Å²) in [6.07, 6.45) is 0. The highest BCUT2D eigenvalue weighted by atomic mass is 32.1. The SMILES string of the molecule is c1ccc2c(-c3nc(-c4ccc5sc6ccccc6c5c4)nc(-c4c5ccccc5cc5oc6c(ccc7c8ccccc8c8ccccc8c76)c45)n3)cccc2c1. The number of nitrogens with zero attached hydrogens (tertiary/aromatic N) is 3. The Hall–Kier alpha value is -7.47. The van der Waals surface area contributed by atoms with E-state index in [1.165, 1.54) is 47.1 Å². The van der Waals surface area contributed by atoms with Crippen molar-refractivity contribution in [2.75, 3.05) is 0 Å². The fraction of sp³-hybridized carbons (Fsp3) is 0. The monoisotopic (exact) mass is 755 g/mol. The lowest BCUT2D eigenvalue weighted by molar-refractivity contribution is 0.673. The highest BCUT2D eigenvalue weighted by Crippen LogP contribution is 2.46. The molecule has 0 radical (unpaired) electrons. The Morgan fingerprint density at radius 2 is 0.948 bits per heavy atom. The van der Waals surface area contributed by atoms with Crippen molar-refractivity contribution in [2.45, 2.75) is 0 Å². The van der Waals surface area contributed by atoms with Crippen LogP contribution < -0.4 is 0 Å².